The molecule has 1 amide bonds. The van der Waals surface area contributed by atoms with Gasteiger partial charge in [-0.25, -0.2) is 4.79 Å². The van der Waals surface area contributed by atoms with E-state index in [-0.39, 0.29) is 17.3 Å². The highest BCUT2D eigenvalue weighted by atomic mass is 127. The number of anilines is 1. The Labute approximate surface area is 189 Å². The van der Waals surface area contributed by atoms with Crippen LogP contribution < -0.4 is 15.4 Å². The molecule has 0 atom stereocenters. The molecule has 2 aromatic carbocycles. The van der Waals surface area contributed by atoms with Crippen LogP contribution >= 0.6 is 57.4 Å². The largest absolute Gasteiger partial charge is 0.483 e. The first-order chi connectivity index (χ1) is 12.7. The minimum Gasteiger partial charge on any atom is -0.483 e. The van der Waals surface area contributed by atoms with Crippen LogP contribution in [0.5, 0.6) is 5.75 Å². The van der Waals surface area contributed by atoms with E-state index in [4.69, 9.17) is 17.0 Å². The van der Waals surface area contributed by atoms with Crippen molar-refractivity contribution < 1.29 is 19.4 Å². The molecule has 0 spiro atoms. The standard InChI is InChI=1S/C18H16I2N2O4S/c1-9-3-4-14(10(2)5-9)26-8-15(23)21-18(27)22-16-12(17(24)25)6-11(19)7-13(16)20/h3-7H,8H2,1-2H3,(H,24,25)(H2,21,22,23,27). The van der Waals surface area contributed by atoms with Gasteiger partial charge in [-0.3, -0.25) is 10.1 Å². The van der Waals surface area contributed by atoms with E-state index in [0.29, 0.717) is 15.0 Å². The maximum absolute atomic E-state index is 12.1. The van der Waals surface area contributed by atoms with Crippen molar-refractivity contribution in [2.75, 3.05) is 11.9 Å². The normalized spacial score (nSPS) is 10.2. The summed E-state index contributed by atoms with van der Waals surface area (Å²) >= 11 is 9.18. The van der Waals surface area contributed by atoms with Gasteiger partial charge in [-0.15, -0.1) is 0 Å². The van der Waals surface area contributed by atoms with Crippen molar-refractivity contribution in [3.8, 4) is 5.75 Å². The van der Waals surface area contributed by atoms with Gasteiger partial charge in [0, 0.05) is 7.14 Å². The van der Waals surface area contributed by atoms with Crippen molar-refractivity contribution in [3.05, 3.63) is 54.2 Å². The Morgan fingerprint density at radius 2 is 1.89 bits per heavy atom. The number of carboxylic acid groups (broad SMARTS) is 1. The van der Waals surface area contributed by atoms with Crippen molar-refractivity contribution in [2.24, 2.45) is 0 Å². The van der Waals surface area contributed by atoms with Crippen LogP contribution in [-0.4, -0.2) is 28.7 Å². The van der Waals surface area contributed by atoms with Crippen LogP contribution in [0.15, 0.2) is 30.3 Å². The van der Waals surface area contributed by atoms with Crippen molar-refractivity contribution in [2.45, 2.75) is 13.8 Å². The first-order valence-electron chi connectivity index (χ1n) is 7.70. The van der Waals surface area contributed by atoms with Crippen molar-refractivity contribution in [3.63, 3.8) is 0 Å². The number of carbonyl (C=O) groups excluding carboxylic acids is 1. The fraction of sp³-hybridized carbons (Fsp3) is 0.167. The highest BCUT2D eigenvalue weighted by molar-refractivity contribution is 14.1. The van der Waals surface area contributed by atoms with Gasteiger partial charge in [-0.1, -0.05) is 17.7 Å². The summed E-state index contributed by atoms with van der Waals surface area (Å²) in [5.41, 5.74) is 2.46. The van der Waals surface area contributed by atoms with Gasteiger partial charge in [0.25, 0.3) is 5.91 Å². The summed E-state index contributed by atoms with van der Waals surface area (Å²) in [6, 6.07) is 9.01. The van der Waals surface area contributed by atoms with Crippen molar-refractivity contribution in [1.82, 2.24) is 5.32 Å². The Morgan fingerprint density at radius 3 is 2.52 bits per heavy atom. The number of carboxylic acids is 1. The van der Waals surface area contributed by atoms with Gasteiger partial charge in [0.15, 0.2) is 11.7 Å². The summed E-state index contributed by atoms with van der Waals surface area (Å²) in [7, 11) is 0. The topological polar surface area (TPSA) is 87.7 Å². The van der Waals surface area contributed by atoms with Crippen LogP contribution in [0.25, 0.3) is 0 Å². The molecule has 0 aliphatic heterocycles. The molecule has 6 nitrogen and oxygen atoms in total. The number of aromatic carboxylic acids is 1. The van der Waals surface area contributed by atoms with E-state index in [1.165, 1.54) is 6.07 Å². The summed E-state index contributed by atoms with van der Waals surface area (Å²) in [5.74, 6) is -0.902. The number of ether oxygens (including phenoxy) is 1. The first-order valence-corrected chi connectivity index (χ1v) is 10.3. The van der Waals surface area contributed by atoms with Crippen LogP contribution in [0.2, 0.25) is 0 Å². The average Bonchev–Trinajstić information content (AvgIpc) is 2.56. The molecule has 0 saturated heterocycles. The molecule has 2 aromatic rings. The number of aryl methyl sites for hydroxylation is 2. The van der Waals surface area contributed by atoms with Crippen LogP contribution in [0.3, 0.4) is 0 Å². The molecule has 27 heavy (non-hydrogen) atoms. The fourth-order valence-corrected chi connectivity index (χ4v) is 4.48. The molecular formula is C18H16I2N2O4S. The second-order valence-electron chi connectivity index (χ2n) is 5.68. The predicted octanol–water partition coefficient (Wildman–Crippen LogP) is 4.10. The summed E-state index contributed by atoms with van der Waals surface area (Å²) in [6.45, 7) is 3.67. The Morgan fingerprint density at radius 1 is 1.19 bits per heavy atom. The van der Waals surface area contributed by atoms with Crippen LogP contribution in [0, 0.1) is 21.0 Å². The van der Waals surface area contributed by atoms with E-state index < -0.39 is 11.9 Å². The van der Waals surface area contributed by atoms with Gasteiger partial charge >= 0.3 is 5.97 Å². The van der Waals surface area contributed by atoms with Crippen molar-refractivity contribution in [1.29, 1.82) is 0 Å². The Hall–Kier alpha value is -1.47. The lowest BCUT2D eigenvalue weighted by Crippen LogP contribution is -2.37. The van der Waals surface area contributed by atoms with E-state index in [1.54, 1.807) is 0 Å². The summed E-state index contributed by atoms with van der Waals surface area (Å²) in [6.07, 6.45) is 0. The number of thiocarbonyl (C=S) groups is 1. The number of carbonyl (C=O) groups is 2. The molecule has 0 aliphatic rings. The highest BCUT2D eigenvalue weighted by Gasteiger charge is 2.16. The zero-order valence-electron chi connectivity index (χ0n) is 14.4. The van der Waals surface area contributed by atoms with Crippen molar-refractivity contribution >= 4 is 80.1 Å². The molecule has 0 aromatic heterocycles. The SMILES string of the molecule is Cc1ccc(OCC(=O)NC(=S)Nc2c(I)cc(I)cc2C(=O)O)c(C)c1. The van der Waals surface area contributed by atoms with Crippen LogP contribution in [0.4, 0.5) is 5.69 Å². The van der Waals surface area contributed by atoms with E-state index in [0.717, 1.165) is 14.7 Å². The molecule has 0 aliphatic carbocycles. The number of hydrogen-bond acceptors (Lipinski definition) is 4. The number of amides is 1. The van der Waals surface area contributed by atoms with Gasteiger partial charge in [0.2, 0.25) is 0 Å². The number of halogens is 2. The molecule has 2 rings (SSSR count). The lowest BCUT2D eigenvalue weighted by atomic mass is 10.1. The zero-order chi connectivity index (χ0) is 20.1. The molecular weight excluding hydrogens is 594 g/mol. The van der Waals surface area contributed by atoms with Crippen LogP contribution in [-0.2, 0) is 4.79 Å². The smallest absolute Gasteiger partial charge is 0.337 e. The number of hydrogen-bond donors (Lipinski definition) is 3. The number of nitrogens with one attached hydrogen (secondary N) is 2. The summed E-state index contributed by atoms with van der Waals surface area (Å²) < 4.78 is 6.98. The third-order valence-electron chi connectivity index (χ3n) is 3.47. The Balaban J connectivity index is 1.99. The fourth-order valence-electron chi connectivity index (χ4n) is 2.28. The lowest BCUT2D eigenvalue weighted by Gasteiger charge is -2.14. The molecule has 0 bridgehead atoms. The third kappa shape index (κ3) is 6.28. The lowest BCUT2D eigenvalue weighted by molar-refractivity contribution is -0.121. The van der Waals surface area contributed by atoms with E-state index in [2.05, 4.69) is 10.6 Å². The van der Waals surface area contributed by atoms with Gasteiger partial charge in [0.1, 0.15) is 5.75 Å². The van der Waals surface area contributed by atoms with Gasteiger partial charge in [0.05, 0.1) is 11.3 Å². The first kappa shape index (κ1) is 21.8. The Kier molecular flexibility index (Phi) is 7.79. The minimum absolute atomic E-state index is 0.00542. The summed E-state index contributed by atoms with van der Waals surface area (Å²) in [4.78, 5) is 23.5. The molecule has 9 heteroatoms. The van der Waals surface area contributed by atoms with Crippen LogP contribution in [0.1, 0.15) is 21.5 Å². The van der Waals surface area contributed by atoms with Gasteiger partial charge in [-0.2, -0.15) is 0 Å². The average molecular weight is 610 g/mol. The highest BCUT2D eigenvalue weighted by Crippen LogP contribution is 2.26. The minimum atomic E-state index is -1.08. The third-order valence-corrected chi connectivity index (χ3v) is 5.14. The molecule has 0 saturated carbocycles. The maximum atomic E-state index is 12.1. The van der Waals surface area contributed by atoms with E-state index >= 15 is 0 Å². The second-order valence-corrected chi connectivity index (χ2v) is 8.49. The monoisotopic (exact) mass is 610 g/mol. The molecule has 0 unspecified atom stereocenters. The second kappa shape index (κ2) is 9.64. The van der Waals surface area contributed by atoms with E-state index in [1.807, 2.05) is 83.3 Å². The maximum Gasteiger partial charge on any atom is 0.337 e. The zero-order valence-corrected chi connectivity index (χ0v) is 19.6. The molecule has 3 N–H and O–H groups in total. The molecule has 142 valence electrons. The molecule has 0 radical (unpaired) electrons. The predicted molar refractivity (Wildman–Crippen MR) is 125 cm³/mol. The Bertz CT molecular complexity index is 918. The number of benzene rings is 2. The summed E-state index contributed by atoms with van der Waals surface area (Å²) in [5, 5.41) is 14.7. The molecule has 0 heterocycles. The van der Waals surface area contributed by atoms with Gasteiger partial charge in [-0.05, 0) is 95.0 Å². The van der Waals surface area contributed by atoms with E-state index in [9.17, 15) is 14.7 Å². The quantitative estimate of drug-likeness (QED) is 0.350. The number of rotatable bonds is 5. The van der Waals surface area contributed by atoms with Gasteiger partial charge < -0.3 is 15.2 Å². The molecule has 0 fully saturated rings.